The highest BCUT2D eigenvalue weighted by atomic mass is 16.5. The van der Waals surface area contributed by atoms with Gasteiger partial charge in [0.1, 0.15) is 0 Å². The summed E-state index contributed by atoms with van der Waals surface area (Å²) in [5.41, 5.74) is 0. The molecule has 0 atom stereocenters. The number of rotatable bonds is 17. The second-order valence-corrected chi connectivity index (χ2v) is 6.18. The lowest BCUT2D eigenvalue weighted by Crippen LogP contribution is -1.99. The van der Waals surface area contributed by atoms with Crippen LogP contribution in [0.3, 0.4) is 0 Å². The van der Waals surface area contributed by atoms with Crippen molar-refractivity contribution in [3.63, 3.8) is 0 Å². The summed E-state index contributed by atoms with van der Waals surface area (Å²) < 4.78 is 10.3. The molecule has 0 N–H and O–H groups in total. The second kappa shape index (κ2) is 18.5. The molecule has 0 saturated heterocycles. The van der Waals surface area contributed by atoms with Crippen molar-refractivity contribution >= 4 is 5.97 Å². The summed E-state index contributed by atoms with van der Waals surface area (Å²) in [5.74, 6) is -0.0845. The number of hydrogen-bond donors (Lipinski definition) is 0. The van der Waals surface area contributed by atoms with E-state index in [9.17, 15) is 4.79 Å². The maximum atomic E-state index is 10.9. The van der Waals surface area contributed by atoms with Crippen molar-refractivity contribution in [1.29, 1.82) is 0 Å². The van der Waals surface area contributed by atoms with E-state index >= 15 is 0 Å². The van der Waals surface area contributed by atoms with Crippen LogP contribution in [0.2, 0.25) is 0 Å². The minimum absolute atomic E-state index is 0.0845. The molecule has 0 unspecified atom stereocenters. The van der Waals surface area contributed by atoms with Gasteiger partial charge in [-0.25, -0.2) is 0 Å². The van der Waals surface area contributed by atoms with Crippen molar-refractivity contribution in [2.75, 3.05) is 20.3 Å². The number of ether oxygens (including phenoxy) is 2. The van der Waals surface area contributed by atoms with Crippen molar-refractivity contribution in [2.45, 2.75) is 96.8 Å². The molecule has 0 spiro atoms. The van der Waals surface area contributed by atoms with Gasteiger partial charge in [-0.15, -0.1) is 0 Å². The number of carbonyl (C=O) groups is 1. The van der Waals surface area contributed by atoms with Crippen LogP contribution in [0.25, 0.3) is 0 Å². The van der Waals surface area contributed by atoms with Gasteiger partial charge >= 0.3 is 5.97 Å². The van der Waals surface area contributed by atoms with Crippen molar-refractivity contribution < 1.29 is 14.3 Å². The average molecular weight is 315 g/mol. The maximum absolute atomic E-state index is 10.9. The lowest BCUT2D eigenvalue weighted by atomic mass is 10.1. The highest BCUT2D eigenvalue weighted by molar-refractivity contribution is 5.68. The first-order valence-corrected chi connectivity index (χ1v) is 9.45. The predicted octanol–water partition coefficient (Wildman–Crippen LogP) is 5.66. The van der Waals surface area contributed by atoms with Gasteiger partial charge in [0.05, 0.1) is 7.11 Å². The van der Waals surface area contributed by atoms with Crippen LogP contribution >= 0.6 is 0 Å². The van der Waals surface area contributed by atoms with Gasteiger partial charge in [-0.05, 0) is 19.3 Å². The third kappa shape index (κ3) is 17.5. The molecule has 0 heterocycles. The summed E-state index contributed by atoms with van der Waals surface area (Å²) in [5, 5.41) is 0. The molecule has 0 rings (SSSR count). The van der Waals surface area contributed by atoms with E-state index in [1.807, 2.05) is 0 Å². The van der Waals surface area contributed by atoms with Crippen molar-refractivity contribution in [2.24, 2.45) is 0 Å². The number of carbonyl (C=O) groups excluding carboxylic acids is 1. The molecule has 0 amide bonds. The van der Waals surface area contributed by atoms with Gasteiger partial charge in [-0.2, -0.15) is 0 Å². The van der Waals surface area contributed by atoms with Crippen LogP contribution in [0.1, 0.15) is 96.8 Å². The molecule has 132 valence electrons. The monoisotopic (exact) mass is 314 g/mol. The Bertz CT molecular complexity index is 229. The van der Waals surface area contributed by atoms with E-state index < -0.39 is 0 Å². The van der Waals surface area contributed by atoms with E-state index in [4.69, 9.17) is 4.74 Å². The molecular weight excluding hydrogens is 276 g/mol. The molecule has 0 fully saturated rings. The summed E-state index contributed by atoms with van der Waals surface area (Å²) in [6, 6.07) is 0. The third-order valence-corrected chi connectivity index (χ3v) is 4.04. The fourth-order valence-corrected chi connectivity index (χ4v) is 2.55. The first kappa shape index (κ1) is 21.4. The predicted molar refractivity (Wildman–Crippen MR) is 93.1 cm³/mol. The van der Waals surface area contributed by atoms with Crippen LogP contribution in [0, 0.1) is 0 Å². The standard InChI is InChI=1S/C19H38O3/c1-3-4-5-6-8-11-14-17-22-18-15-12-9-7-10-13-16-19(20)21-2/h3-18H2,1-2H3. The van der Waals surface area contributed by atoms with Crippen LogP contribution < -0.4 is 0 Å². The Hall–Kier alpha value is -0.570. The summed E-state index contributed by atoms with van der Waals surface area (Å²) in [7, 11) is 1.45. The van der Waals surface area contributed by atoms with Crippen LogP contribution in [0.5, 0.6) is 0 Å². The SMILES string of the molecule is CCCCCCCCCOCCCCCCCCC(=O)OC. The van der Waals surface area contributed by atoms with E-state index in [-0.39, 0.29) is 5.97 Å². The molecule has 0 aromatic carbocycles. The molecular formula is C19H38O3. The van der Waals surface area contributed by atoms with Crippen LogP contribution in [0.15, 0.2) is 0 Å². The average Bonchev–Trinajstić information content (AvgIpc) is 2.54. The van der Waals surface area contributed by atoms with Gasteiger partial charge in [0.15, 0.2) is 0 Å². The number of unbranched alkanes of at least 4 members (excludes halogenated alkanes) is 11. The summed E-state index contributed by atoms with van der Waals surface area (Å²) in [4.78, 5) is 10.9. The summed E-state index contributed by atoms with van der Waals surface area (Å²) in [6.07, 6.45) is 17.0. The van der Waals surface area contributed by atoms with Gasteiger partial charge in [-0.1, -0.05) is 71.1 Å². The van der Waals surface area contributed by atoms with Crippen molar-refractivity contribution in [3.8, 4) is 0 Å². The number of methoxy groups -OCH3 is 1. The van der Waals surface area contributed by atoms with Gasteiger partial charge in [-0.3, -0.25) is 4.79 Å². The zero-order valence-corrected chi connectivity index (χ0v) is 15.0. The zero-order chi connectivity index (χ0) is 16.3. The number of esters is 1. The Morgan fingerprint density at radius 1 is 0.682 bits per heavy atom. The normalized spacial score (nSPS) is 10.8. The van der Waals surface area contributed by atoms with Crippen LogP contribution in [-0.4, -0.2) is 26.3 Å². The van der Waals surface area contributed by atoms with Gasteiger partial charge in [0, 0.05) is 19.6 Å². The lowest BCUT2D eigenvalue weighted by Gasteiger charge is -2.05. The third-order valence-electron chi connectivity index (χ3n) is 4.04. The first-order valence-electron chi connectivity index (χ1n) is 9.45. The topological polar surface area (TPSA) is 35.5 Å². The summed E-state index contributed by atoms with van der Waals surface area (Å²) >= 11 is 0. The van der Waals surface area contributed by atoms with E-state index in [0.717, 1.165) is 26.1 Å². The van der Waals surface area contributed by atoms with Crippen molar-refractivity contribution in [1.82, 2.24) is 0 Å². The Morgan fingerprint density at radius 2 is 1.14 bits per heavy atom. The highest BCUT2D eigenvalue weighted by Gasteiger charge is 1.99. The Labute approximate surface area is 138 Å². The Kier molecular flexibility index (Phi) is 18.0. The highest BCUT2D eigenvalue weighted by Crippen LogP contribution is 2.09. The van der Waals surface area contributed by atoms with Crippen LogP contribution in [-0.2, 0) is 14.3 Å². The second-order valence-electron chi connectivity index (χ2n) is 6.18. The molecule has 0 aliphatic heterocycles. The Morgan fingerprint density at radius 3 is 1.64 bits per heavy atom. The molecule has 0 aromatic heterocycles. The molecule has 3 heteroatoms. The van der Waals surface area contributed by atoms with E-state index in [2.05, 4.69) is 11.7 Å². The quantitative estimate of drug-likeness (QED) is 0.257. The van der Waals surface area contributed by atoms with Gasteiger partial charge in [0.25, 0.3) is 0 Å². The minimum atomic E-state index is -0.0845. The van der Waals surface area contributed by atoms with E-state index in [1.54, 1.807) is 0 Å². The largest absolute Gasteiger partial charge is 0.469 e. The molecule has 0 aliphatic carbocycles. The van der Waals surface area contributed by atoms with E-state index in [1.165, 1.54) is 77.7 Å². The molecule has 0 radical (unpaired) electrons. The van der Waals surface area contributed by atoms with Crippen molar-refractivity contribution in [3.05, 3.63) is 0 Å². The van der Waals surface area contributed by atoms with Gasteiger partial charge in [0.2, 0.25) is 0 Å². The van der Waals surface area contributed by atoms with Gasteiger partial charge < -0.3 is 9.47 Å². The smallest absolute Gasteiger partial charge is 0.305 e. The zero-order valence-electron chi connectivity index (χ0n) is 15.0. The van der Waals surface area contributed by atoms with E-state index in [0.29, 0.717) is 6.42 Å². The minimum Gasteiger partial charge on any atom is -0.469 e. The molecule has 22 heavy (non-hydrogen) atoms. The fourth-order valence-electron chi connectivity index (χ4n) is 2.55. The fraction of sp³-hybridized carbons (Fsp3) is 0.947. The van der Waals surface area contributed by atoms with Crippen LogP contribution in [0.4, 0.5) is 0 Å². The Balaban J connectivity index is 2.98. The molecule has 0 aliphatic rings. The molecule has 0 bridgehead atoms. The lowest BCUT2D eigenvalue weighted by molar-refractivity contribution is -0.140. The molecule has 0 aromatic rings. The first-order chi connectivity index (χ1) is 10.8. The molecule has 0 saturated carbocycles. The summed E-state index contributed by atoms with van der Waals surface area (Å²) in [6.45, 7) is 4.11. The molecule has 3 nitrogen and oxygen atoms in total. The number of hydrogen-bond acceptors (Lipinski definition) is 3. The maximum Gasteiger partial charge on any atom is 0.305 e.